The van der Waals surface area contributed by atoms with Crippen molar-refractivity contribution in [1.82, 2.24) is 0 Å². The van der Waals surface area contributed by atoms with Crippen LogP contribution in [0.4, 0.5) is 13.2 Å². The molecule has 0 aromatic rings. The van der Waals surface area contributed by atoms with Crippen LogP contribution in [-0.2, 0) is 9.53 Å². The van der Waals surface area contributed by atoms with Gasteiger partial charge < -0.3 is 35.1 Å². The Bertz CT molecular complexity index is 402. The second-order valence-corrected chi connectivity index (χ2v) is 4.14. The van der Waals surface area contributed by atoms with E-state index in [2.05, 4.69) is 4.99 Å². The molecule has 0 aromatic heterocycles. The van der Waals surface area contributed by atoms with E-state index >= 15 is 0 Å². The summed E-state index contributed by atoms with van der Waals surface area (Å²) in [6.07, 6.45) is -10.3. The van der Waals surface area contributed by atoms with Crippen LogP contribution in [-0.4, -0.2) is 75.8 Å². The van der Waals surface area contributed by atoms with Gasteiger partial charge in [-0.3, -0.25) is 16.5 Å². The molecule has 0 radical (unpaired) electrons. The molecule has 1 aliphatic rings. The molecule has 0 spiro atoms. The maximum Gasteiger partial charge on any atom is 0.430 e. The van der Waals surface area contributed by atoms with Gasteiger partial charge in [0.05, 0.1) is 6.61 Å². The zero-order valence-corrected chi connectivity index (χ0v) is 10.9. The van der Waals surface area contributed by atoms with E-state index in [-0.39, 0.29) is 5.96 Å². The molecule has 0 saturated carbocycles. The number of halogens is 3. The van der Waals surface area contributed by atoms with Crippen LogP contribution in [0.5, 0.6) is 0 Å². The number of nitrogens with one attached hydrogen (secondary N) is 1. The molecule has 0 aromatic carbocycles. The largest absolute Gasteiger partial charge is 0.542 e. The highest BCUT2D eigenvalue weighted by Gasteiger charge is 2.44. The number of aliphatic carboxylic acids is 1. The third kappa shape index (κ3) is 5.98. The van der Waals surface area contributed by atoms with Gasteiger partial charge in [0, 0.05) is 0 Å². The Morgan fingerprint density at radius 3 is 2.00 bits per heavy atom. The Labute approximate surface area is 121 Å². The summed E-state index contributed by atoms with van der Waals surface area (Å²) in [6, 6.07) is -1.03. The Hall–Kier alpha value is -1.67. The molecule has 0 amide bonds. The van der Waals surface area contributed by atoms with E-state index in [1.807, 2.05) is 0 Å². The van der Waals surface area contributed by atoms with Gasteiger partial charge >= 0.3 is 12.1 Å². The van der Waals surface area contributed by atoms with Gasteiger partial charge in [0.2, 0.25) is 0 Å². The number of aliphatic hydroxyl groups excluding tert-OH is 4. The maximum atomic E-state index is 10.5. The van der Waals surface area contributed by atoms with Crippen LogP contribution < -0.4 is 21.6 Å². The first-order valence-corrected chi connectivity index (χ1v) is 5.65. The SMILES string of the molecule is NC(N)=[NH+][C@H]1C(O)O[C@H](CO)[C@@H](O)[C@@H]1O.O=C([O-])C(F)(F)F. The molecule has 13 heteroatoms. The van der Waals surface area contributed by atoms with Gasteiger partial charge in [-0.05, 0) is 0 Å². The number of carbonyl (C=O) groups is 1. The summed E-state index contributed by atoms with van der Waals surface area (Å²) < 4.78 is 36.4. The van der Waals surface area contributed by atoms with Crippen LogP contribution >= 0.6 is 0 Å². The van der Waals surface area contributed by atoms with E-state index in [0.717, 1.165) is 0 Å². The first kappa shape index (κ1) is 20.3. The zero-order valence-electron chi connectivity index (χ0n) is 10.9. The van der Waals surface area contributed by atoms with Gasteiger partial charge in [0.1, 0.15) is 24.3 Å². The minimum absolute atomic E-state index is 0.212. The summed E-state index contributed by atoms with van der Waals surface area (Å²) in [4.78, 5) is 11.1. The lowest BCUT2D eigenvalue weighted by Crippen LogP contribution is -2.91. The molecule has 1 saturated heterocycles. The number of nitrogens with two attached hydrogens (primary N) is 2. The highest BCUT2D eigenvalue weighted by Crippen LogP contribution is 2.17. The summed E-state index contributed by atoms with van der Waals surface area (Å²) in [5, 5.41) is 46.0. The van der Waals surface area contributed by atoms with Gasteiger partial charge in [0.15, 0.2) is 12.3 Å². The van der Waals surface area contributed by atoms with E-state index in [1.54, 1.807) is 0 Å². The van der Waals surface area contributed by atoms with Crippen molar-refractivity contribution < 1.29 is 53.2 Å². The molecule has 0 bridgehead atoms. The lowest BCUT2D eigenvalue weighted by Gasteiger charge is -2.37. The van der Waals surface area contributed by atoms with Crippen molar-refractivity contribution in [2.45, 2.75) is 36.8 Å². The second-order valence-electron chi connectivity index (χ2n) is 4.14. The van der Waals surface area contributed by atoms with Crippen molar-refractivity contribution in [2.24, 2.45) is 11.5 Å². The van der Waals surface area contributed by atoms with Crippen LogP contribution in [0.25, 0.3) is 0 Å². The lowest BCUT2D eigenvalue weighted by atomic mass is 9.98. The van der Waals surface area contributed by atoms with Crippen molar-refractivity contribution >= 4 is 11.9 Å². The Balaban J connectivity index is 0.000000534. The summed E-state index contributed by atoms with van der Waals surface area (Å²) in [6.45, 7) is -0.510. The molecule has 9 N–H and O–H groups in total. The average Bonchev–Trinajstić information content (AvgIpc) is 2.38. The number of aliphatic hydroxyl groups is 4. The number of hydrogen-bond donors (Lipinski definition) is 7. The molecule has 1 heterocycles. The van der Waals surface area contributed by atoms with Crippen molar-refractivity contribution in [1.29, 1.82) is 0 Å². The van der Waals surface area contributed by atoms with Crippen LogP contribution in [0.15, 0.2) is 0 Å². The molecule has 22 heavy (non-hydrogen) atoms. The van der Waals surface area contributed by atoms with Crippen molar-refractivity contribution in [3.8, 4) is 0 Å². The first-order valence-electron chi connectivity index (χ1n) is 5.65. The van der Waals surface area contributed by atoms with Gasteiger partial charge in [-0.25, -0.2) is 0 Å². The van der Waals surface area contributed by atoms with Crippen molar-refractivity contribution in [3.05, 3.63) is 0 Å². The Morgan fingerprint density at radius 2 is 1.68 bits per heavy atom. The normalized spacial score (nSPS) is 31.7. The molecule has 1 unspecified atom stereocenters. The number of carbonyl (C=O) groups excluding carboxylic acids is 1. The molecule has 1 aliphatic heterocycles. The van der Waals surface area contributed by atoms with Crippen molar-refractivity contribution in [2.75, 3.05) is 6.61 Å². The predicted octanol–water partition coefficient (Wildman–Crippen LogP) is -6.56. The molecular formula is C9H16F3N3O7. The summed E-state index contributed by atoms with van der Waals surface area (Å²) in [5.74, 6) is -3.22. The average molecular weight is 335 g/mol. The van der Waals surface area contributed by atoms with Crippen LogP contribution in [0.3, 0.4) is 0 Å². The van der Waals surface area contributed by atoms with Gasteiger partial charge in [-0.15, -0.1) is 0 Å². The highest BCUT2D eigenvalue weighted by atomic mass is 19.4. The summed E-state index contributed by atoms with van der Waals surface area (Å²) in [5.41, 5.74) is 10.3. The van der Waals surface area contributed by atoms with Crippen LogP contribution in [0.1, 0.15) is 0 Å². The summed E-state index contributed by atoms with van der Waals surface area (Å²) in [7, 11) is 0. The molecule has 5 atom stereocenters. The quantitative estimate of drug-likeness (QED) is 0.189. The topological polar surface area (TPSA) is 196 Å². The van der Waals surface area contributed by atoms with E-state index in [9.17, 15) is 28.5 Å². The molecule has 130 valence electrons. The smallest absolute Gasteiger partial charge is 0.430 e. The fourth-order valence-corrected chi connectivity index (χ4v) is 1.45. The zero-order chi connectivity index (χ0) is 17.7. The van der Waals surface area contributed by atoms with Gasteiger partial charge in [-0.1, -0.05) is 0 Å². The first-order chi connectivity index (χ1) is 9.91. The number of ether oxygens (including phenoxy) is 1. The molecular weight excluding hydrogens is 319 g/mol. The number of rotatable bonds is 2. The third-order valence-electron chi connectivity index (χ3n) is 2.46. The third-order valence-corrected chi connectivity index (χ3v) is 2.46. The van der Waals surface area contributed by atoms with Gasteiger partial charge in [0.25, 0.3) is 0 Å². The number of alkyl halides is 3. The minimum atomic E-state index is -5.19. The van der Waals surface area contributed by atoms with E-state index in [1.165, 1.54) is 0 Å². The maximum absolute atomic E-state index is 10.5. The number of hydrogen-bond acceptors (Lipinski definition) is 7. The number of guanidine groups is 1. The second kappa shape index (κ2) is 8.09. The fraction of sp³-hybridized carbons (Fsp3) is 0.778. The van der Waals surface area contributed by atoms with E-state index < -0.39 is 49.4 Å². The molecule has 10 nitrogen and oxygen atoms in total. The number of carboxylic acid groups (broad SMARTS) is 1. The van der Waals surface area contributed by atoms with Crippen LogP contribution in [0.2, 0.25) is 0 Å². The summed E-state index contributed by atoms with van der Waals surface area (Å²) >= 11 is 0. The Morgan fingerprint density at radius 1 is 1.23 bits per heavy atom. The number of carboxylic acids is 1. The molecule has 1 fully saturated rings. The predicted molar refractivity (Wildman–Crippen MR) is 59.2 cm³/mol. The van der Waals surface area contributed by atoms with Crippen molar-refractivity contribution in [3.63, 3.8) is 0 Å². The molecule has 0 aliphatic carbocycles. The Kier molecular flexibility index (Phi) is 7.48. The lowest BCUT2D eigenvalue weighted by molar-refractivity contribution is -0.561. The highest BCUT2D eigenvalue weighted by molar-refractivity contribution is 5.70. The van der Waals surface area contributed by atoms with E-state index in [0.29, 0.717) is 0 Å². The minimum Gasteiger partial charge on any atom is -0.542 e. The fourth-order valence-electron chi connectivity index (χ4n) is 1.45. The van der Waals surface area contributed by atoms with E-state index in [4.69, 9.17) is 31.2 Å². The van der Waals surface area contributed by atoms with Crippen LogP contribution in [0, 0.1) is 0 Å². The molecule has 1 rings (SSSR count). The van der Waals surface area contributed by atoms with Gasteiger partial charge in [-0.2, -0.15) is 13.2 Å². The monoisotopic (exact) mass is 335 g/mol. The standard InChI is InChI=1S/C7H15N3O5.C2HF3O2/c8-7(9)10-3-5(13)4(12)2(1-11)15-6(3)14;3-2(4,5)1(6)7/h2-6,11-14H,1H2,(H4,8,9,10);(H,6,7)/t2-,3-,4-,5-,6?;/m1./s1.